The lowest BCUT2D eigenvalue weighted by Crippen LogP contribution is -2.57. The standard InChI is InChI=1S/C16H32N4/c1-14(2)18-16(5,12-17)8-7-9-20-11-10-19(6)15(3,4)13-20/h14,18H,7-11,13H2,1-6H3. The lowest BCUT2D eigenvalue weighted by atomic mass is 9.95. The Bertz CT molecular complexity index is 345. The topological polar surface area (TPSA) is 42.3 Å². The molecule has 0 aromatic carbocycles. The Morgan fingerprint density at radius 3 is 2.50 bits per heavy atom. The summed E-state index contributed by atoms with van der Waals surface area (Å²) in [7, 11) is 2.21. The largest absolute Gasteiger partial charge is 0.300 e. The lowest BCUT2D eigenvalue weighted by Gasteiger charge is -2.45. The van der Waals surface area contributed by atoms with Crippen LogP contribution in [0.25, 0.3) is 0 Å². The van der Waals surface area contributed by atoms with Gasteiger partial charge in [-0.05, 0) is 61.1 Å². The molecule has 1 N–H and O–H groups in total. The highest BCUT2D eigenvalue weighted by Crippen LogP contribution is 2.20. The summed E-state index contributed by atoms with van der Waals surface area (Å²) >= 11 is 0. The molecule has 4 heteroatoms. The molecular weight excluding hydrogens is 248 g/mol. The van der Waals surface area contributed by atoms with E-state index in [4.69, 9.17) is 0 Å². The van der Waals surface area contributed by atoms with Crippen molar-refractivity contribution in [3.63, 3.8) is 0 Å². The summed E-state index contributed by atoms with van der Waals surface area (Å²) in [6.07, 6.45) is 1.98. The van der Waals surface area contributed by atoms with Crippen LogP contribution >= 0.6 is 0 Å². The number of likely N-dealkylation sites (N-methyl/N-ethyl adjacent to an activating group) is 1. The van der Waals surface area contributed by atoms with Gasteiger partial charge in [-0.2, -0.15) is 5.26 Å². The molecule has 1 unspecified atom stereocenters. The summed E-state index contributed by atoms with van der Waals surface area (Å²) in [5, 5.41) is 12.7. The molecule has 0 radical (unpaired) electrons. The van der Waals surface area contributed by atoms with Gasteiger partial charge in [0.25, 0.3) is 0 Å². The first-order valence-electron chi connectivity index (χ1n) is 7.81. The fraction of sp³-hybridized carbons (Fsp3) is 0.938. The SMILES string of the molecule is CC(C)NC(C)(C#N)CCCN1CCN(C)C(C)(C)C1. The van der Waals surface area contributed by atoms with Gasteiger partial charge >= 0.3 is 0 Å². The highest BCUT2D eigenvalue weighted by atomic mass is 15.3. The molecule has 4 nitrogen and oxygen atoms in total. The molecule has 1 heterocycles. The molecule has 1 aliphatic heterocycles. The average Bonchev–Trinajstić information content (AvgIpc) is 2.32. The maximum absolute atomic E-state index is 9.36. The van der Waals surface area contributed by atoms with Crippen molar-refractivity contribution in [3.8, 4) is 6.07 Å². The van der Waals surface area contributed by atoms with Gasteiger partial charge < -0.3 is 4.90 Å². The summed E-state index contributed by atoms with van der Waals surface area (Å²) in [6, 6.07) is 2.78. The summed E-state index contributed by atoms with van der Waals surface area (Å²) < 4.78 is 0. The normalized spacial score (nSPS) is 23.5. The van der Waals surface area contributed by atoms with Crippen LogP contribution in [0.3, 0.4) is 0 Å². The molecule has 0 aromatic heterocycles. The zero-order chi connectivity index (χ0) is 15.4. The van der Waals surface area contributed by atoms with Gasteiger partial charge in [0.2, 0.25) is 0 Å². The Labute approximate surface area is 125 Å². The minimum absolute atomic E-state index is 0.257. The van der Waals surface area contributed by atoms with Crippen LogP contribution in [0.5, 0.6) is 0 Å². The van der Waals surface area contributed by atoms with Crippen molar-refractivity contribution in [1.82, 2.24) is 15.1 Å². The van der Waals surface area contributed by atoms with Gasteiger partial charge in [0.1, 0.15) is 5.54 Å². The first-order chi connectivity index (χ1) is 9.18. The Morgan fingerprint density at radius 2 is 2.00 bits per heavy atom. The molecular formula is C16H32N4. The summed E-state index contributed by atoms with van der Waals surface area (Å²) in [6.45, 7) is 15.3. The summed E-state index contributed by atoms with van der Waals surface area (Å²) in [5.41, 5.74) is -0.136. The Hall–Kier alpha value is -0.630. The van der Waals surface area contributed by atoms with Crippen molar-refractivity contribution < 1.29 is 0 Å². The van der Waals surface area contributed by atoms with Crippen molar-refractivity contribution >= 4 is 0 Å². The van der Waals surface area contributed by atoms with Gasteiger partial charge in [0.15, 0.2) is 0 Å². The molecule has 0 aromatic rings. The number of hydrogen-bond donors (Lipinski definition) is 1. The lowest BCUT2D eigenvalue weighted by molar-refractivity contribution is 0.0386. The molecule has 1 saturated heterocycles. The third-order valence-electron chi connectivity index (χ3n) is 4.40. The van der Waals surface area contributed by atoms with Crippen LogP contribution in [0.15, 0.2) is 0 Å². The van der Waals surface area contributed by atoms with E-state index in [1.54, 1.807) is 0 Å². The zero-order valence-electron chi connectivity index (χ0n) is 14.2. The number of nitrogens with one attached hydrogen (secondary N) is 1. The van der Waals surface area contributed by atoms with Crippen molar-refractivity contribution in [2.24, 2.45) is 0 Å². The fourth-order valence-corrected chi connectivity index (χ4v) is 2.99. The highest BCUT2D eigenvalue weighted by molar-refractivity contribution is 5.04. The molecule has 1 atom stereocenters. The average molecular weight is 280 g/mol. The quantitative estimate of drug-likeness (QED) is 0.809. The van der Waals surface area contributed by atoms with Crippen molar-refractivity contribution in [2.45, 2.75) is 64.6 Å². The van der Waals surface area contributed by atoms with Crippen LogP contribution in [0.2, 0.25) is 0 Å². The van der Waals surface area contributed by atoms with Gasteiger partial charge in [-0.25, -0.2) is 0 Å². The second-order valence-electron chi connectivity index (χ2n) is 7.36. The predicted molar refractivity (Wildman–Crippen MR) is 84.7 cm³/mol. The van der Waals surface area contributed by atoms with E-state index >= 15 is 0 Å². The molecule has 0 amide bonds. The minimum atomic E-state index is -0.393. The van der Waals surface area contributed by atoms with Crippen LogP contribution in [0.4, 0.5) is 0 Å². The molecule has 0 spiro atoms. The van der Waals surface area contributed by atoms with Crippen LogP contribution in [-0.2, 0) is 0 Å². The van der Waals surface area contributed by atoms with E-state index in [9.17, 15) is 5.26 Å². The summed E-state index contributed by atoms with van der Waals surface area (Å²) in [4.78, 5) is 4.97. The number of nitrogens with zero attached hydrogens (tertiary/aromatic N) is 3. The molecule has 0 saturated carbocycles. The Morgan fingerprint density at radius 1 is 1.35 bits per heavy atom. The maximum atomic E-state index is 9.36. The first kappa shape index (κ1) is 17.4. The van der Waals surface area contributed by atoms with Gasteiger partial charge in [0.05, 0.1) is 6.07 Å². The zero-order valence-corrected chi connectivity index (χ0v) is 14.2. The first-order valence-corrected chi connectivity index (χ1v) is 7.81. The second-order valence-corrected chi connectivity index (χ2v) is 7.36. The molecule has 1 fully saturated rings. The maximum Gasteiger partial charge on any atom is 0.104 e. The predicted octanol–water partition coefficient (Wildman–Crippen LogP) is 2.07. The molecule has 20 heavy (non-hydrogen) atoms. The van der Waals surface area contributed by atoms with Crippen LogP contribution in [0.1, 0.15) is 47.5 Å². The monoisotopic (exact) mass is 280 g/mol. The van der Waals surface area contributed by atoms with E-state index in [0.29, 0.717) is 6.04 Å². The van der Waals surface area contributed by atoms with E-state index in [-0.39, 0.29) is 5.54 Å². The van der Waals surface area contributed by atoms with Crippen molar-refractivity contribution in [3.05, 3.63) is 0 Å². The molecule has 1 rings (SSSR count). The van der Waals surface area contributed by atoms with Gasteiger partial charge in [-0.3, -0.25) is 10.2 Å². The van der Waals surface area contributed by atoms with Crippen LogP contribution in [0, 0.1) is 11.3 Å². The Kier molecular flexibility index (Phi) is 6.00. The van der Waals surface area contributed by atoms with E-state index in [1.807, 2.05) is 6.92 Å². The van der Waals surface area contributed by atoms with Gasteiger partial charge in [-0.1, -0.05) is 0 Å². The van der Waals surface area contributed by atoms with Crippen LogP contribution < -0.4 is 5.32 Å². The van der Waals surface area contributed by atoms with Gasteiger partial charge in [-0.15, -0.1) is 0 Å². The molecule has 0 aliphatic carbocycles. The third kappa shape index (κ3) is 5.05. The Balaban J connectivity index is 2.39. The molecule has 1 aliphatic rings. The summed E-state index contributed by atoms with van der Waals surface area (Å²) in [5.74, 6) is 0. The van der Waals surface area contributed by atoms with E-state index in [2.05, 4.69) is 55.9 Å². The van der Waals surface area contributed by atoms with E-state index in [0.717, 1.165) is 39.0 Å². The molecule has 0 bridgehead atoms. The number of hydrogen-bond acceptors (Lipinski definition) is 4. The van der Waals surface area contributed by atoms with Gasteiger partial charge in [0, 0.05) is 31.2 Å². The smallest absolute Gasteiger partial charge is 0.104 e. The minimum Gasteiger partial charge on any atom is -0.300 e. The van der Waals surface area contributed by atoms with Crippen LogP contribution in [-0.4, -0.2) is 60.1 Å². The third-order valence-corrected chi connectivity index (χ3v) is 4.40. The fourth-order valence-electron chi connectivity index (χ4n) is 2.99. The van der Waals surface area contributed by atoms with E-state index in [1.165, 1.54) is 0 Å². The van der Waals surface area contributed by atoms with E-state index < -0.39 is 5.54 Å². The van der Waals surface area contributed by atoms with Crippen molar-refractivity contribution in [2.75, 3.05) is 33.2 Å². The highest BCUT2D eigenvalue weighted by Gasteiger charge is 2.31. The number of nitriles is 1. The number of piperazine rings is 1. The number of rotatable bonds is 6. The second kappa shape index (κ2) is 6.89. The molecule has 116 valence electrons. The van der Waals surface area contributed by atoms with Crippen molar-refractivity contribution in [1.29, 1.82) is 5.26 Å².